The molecule has 0 spiro atoms. The van der Waals surface area contributed by atoms with Crippen molar-refractivity contribution in [2.24, 2.45) is 23.5 Å². The maximum Gasteiger partial charge on any atom is 0.255 e. The molecule has 0 bridgehead atoms. The predicted octanol–water partition coefficient (Wildman–Crippen LogP) is 1.85. The second-order valence-corrected chi connectivity index (χ2v) is 11.9. The number of phenolic OH excluding ortho intramolecular Hbond substituents is 1. The molecule has 1 heterocycles. The minimum Gasteiger partial charge on any atom is -0.510 e. The second-order valence-electron chi connectivity index (χ2n) is 11.9. The number of piperidine rings is 1. The molecule has 40 heavy (non-hydrogen) atoms. The highest BCUT2D eigenvalue weighted by atomic mass is 19.1. The first-order chi connectivity index (χ1) is 18.8. The van der Waals surface area contributed by atoms with Crippen LogP contribution in [0.25, 0.3) is 5.76 Å². The molecule has 1 aromatic rings. The van der Waals surface area contributed by atoms with Crippen LogP contribution in [0.2, 0.25) is 0 Å². The van der Waals surface area contributed by atoms with E-state index in [0.29, 0.717) is 43.4 Å². The zero-order valence-corrected chi connectivity index (χ0v) is 23.3. The number of amides is 1. The number of ketones is 2. The third-order valence-corrected chi connectivity index (χ3v) is 8.94. The van der Waals surface area contributed by atoms with E-state index < -0.39 is 58.8 Å². The number of nitrogens with two attached hydrogens (primary N) is 1. The summed E-state index contributed by atoms with van der Waals surface area (Å²) in [6, 6.07) is 1.06. The van der Waals surface area contributed by atoms with E-state index in [1.165, 1.54) is 0 Å². The van der Waals surface area contributed by atoms with Gasteiger partial charge < -0.3 is 26.0 Å². The Kier molecular flexibility index (Phi) is 7.16. The molecule has 0 radical (unpaired) electrons. The van der Waals surface area contributed by atoms with Crippen molar-refractivity contribution in [2.75, 3.05) is 46.2 Å². The van der Waals surface area contributed by atoms with Gasteiger partial charge >= 0.3 is 0 Å². The lowest BCUT2D eigenvalue weighted by Crippen LogP contribution is -2.55. The highest BCUT2D eigenvalue weighted by Gasteiger charge is 2.56. The van der Waals surface area contributed by atoms with Crippen LogP contribution in [0.5, 0.6) is 5.75 Å². The van der Waals surface area contributed by atoms with E-state index >= 15 is 0 Å². The van der Waals surface area contributed by atoms with E-state index in [-0.39, 0.29) is 35.7 Å². The second kappa shape index (κ2) is 10.2. The van der Waals surface area contributed by atoms with Gasteiger partial charge in [-0.1, -0.05) is 0 Å². The fourth-order valence-electron chi connectivity index (χ4n) is 7.27. The summed E-state index contributed by atoms with van der Waals surface area (Å²) in [6.07, 6.45) is 0.889. The number of alkyl halides is 1. The van der Waals surface area contributed by atoms with Crippen LogP contribution in [-0.4, -0.2) is 96.1 Å². The van der Waals surface area contributed by atoms with Gasteiger partial charge in [-0.3, -0.25) is 24.2 Å². The van der Waals surface area contributed by atoms with E-state index in [4.69, 9.17) is 5.73 Å². The number of anilines is 1. The summed E-state index contributed by atoms with van der Waals surface area (Å²) in [5.74, 6) is -5.98. The molecule has 0 aromatic heterocycles. The topological polar surface area (TPSA) is 148 Å². The Hall–Kier alpha value is -3.44. The van der Waals surface area contributed by atoms with Crippen molar-refractivity contribution in [2.45, 2.75) is 44.4 Å². The highest BCUT2D eigenvalue weighted by Crippen LogP contribution is 2.52. The number of carbonyl (C=O) groups is 3. The maximum atomic E-state index is 14.1. The lowest BCUT2D eigenvalue weighted by Gasteiger charge is -2.46. The largest absolute Gasteiger partial charge is 0.510 e. The number of aliphatic hydroxyl groups is 2. The van der Waals surface area contributed by atoms with Crippen molar-refractivity contribution in [1.29, 1.82) is 0 Å². The minimum atomic E-state index is -1.30. The molecule has 1 saturated heterocycles. The number of Topliss-reactive ketones (excluding diaryl/α,β-unsaturated/α-hetero) is 2. The van der Waals surface area contributed by atoms with Gasteiger partial charge in [-0.2, -0.15) is 0 Å². The van der Waals surface area contributed by atoms with Crippen LogP contribution in [0.1, 0.15) is 36.0 Å². The van der Waals surface area contributed by atoms with Crippen LogP contribution in [0.3, 0.4) is 0 Å². The van der Waals surface area contributed by atoms with Gasteiger partial charge in [0.15, 0.2) is 11.6 Å². The van der Waals surface area contributed by atoms with Crippen molar-refractivity contribution in [1.82, 2.24) is 9.80 Å². The molecule has 1 saturated carbocycles. The van der Waals surface area contributed by atoms with Crippen LogP contribution in [0.4, 0.5) is 10.1 Å². The van der Waals surface area contributed by atoms with Gasteiger partial charge in [0.1, 0.15) is 29.0 Å². The predicted molar refractivity (Wildman–Crippen MR) is 147 cm³/mol. The Morgan fingerprint density at radius 3 is 2.45 bits per heavy atom. The maximum absolute atomic E-state index is 14.1. The first-order valence-electron chi connectivity index (χ1n) is 13.7. The first-order valence-corrected chi connectivity index (χ1v) is 13.7. The quantitative estimate of drug-likeness (QED) is 0.315. The molecule has 1 aliphatic heterocycles. The van der Waals surface area contributed by atoms with E-state index in [1.807, 2.05) is 30.0 Å². The number of likely N-dealkylation sites (tertiary alicyclic amines) is 1. The van der Waals surface area contributed by atoms with Crippen LogP contribution < -0.4 is 10.6 Å². The number of allylic oxidation sites excluding steroid dienone is 1. The van der Waals surface area contributed by atoms with Gasteiger partial charge in [0.2, 0.25) is 0 Å². The monoisotopic (exact) mass is 556 g/mol. The summed E-state index contributed by atoms with van der Waals surface area (Å²) in [6.45, 7) is 1.21. The van der Waals surface area contributed by atoms with Gasteiger partial charge in [0.25, 0.3) is 5.91 Å². The van der Waals surface area contributed by atoms with Crippen LogP contribution >= 0.6 is 0 Å². The third kappa shape index (κ3) is 4.35. The Morgan fingerprint density at radius 1 is 1.15 bits per heavy atom. The molecule has 1 aromatic carbocycles. The normalized spacial score (nSPS) is 28.9. The lowest BCUT2D eigenvalue weighted by molar-refractivity contribution is -0.136. The molecule has 3 aliphatic carbocycles. The SMILES string of the molecule is CN(C)c1cc(CN2CCCC(F)C2)c(O)c2c1CC1CC3C(C(=O)C(C(N)=O)=C(O)[C@H]3N(C)C)C(=O)C1=C2O. The molecular formula is C29H37FN4O6. The molecular weight excluding hydrogens is 519 g/mol. The van der Waals surface area contributed by atoms with E-state index in [1.54, 1.807) is 19.0 Å². The molecule has 11 heteroatoms. The van der Waals surface area contributed by atoms with E-state index in [9.17, 15) is 34.1 Å². The fourth-order valence-corrected chi connectivity index (χ4v) is 7.27. The zero-order chi connectivity index (χ0) is 29.2. The van der Waals surface area contributed by atoms with Gasteiger partial charge in [-0.15, -0.1) is 0 Å². The van der Waals surface area contributed by atoms with Crippen LogP contribution in [0.15, 0.2) is 23.0 Å². The van der Waals surface area contributed by atoms with Crippen molar-refractivity contribution >= 4 is 28.9 Å². The van der Waals surface area contributed by atoms with Gasteiger partial charge in [0, 0.05) is 44.0 Å². The molecule has 4 aliphatic rings. The zero-order valence-electron chi connectivity index (χ0n) is 23.3. The summed E-state index contributed by atoms with van der Waals surface area (Å²) in [5.41, 5.74) is 6.98. The highest BCUT2D eigenvalue weighted by molar-refractivity contribution is 6.28. The first kappa shape index (κ1) is 28.1. The third-order valence-electron chi connectivity index (χ3n) is 8.94. The molecule has 10 nitrogen and oxygen atoms in total. The minimum absolute atomic E-state index is 0.0452. The number of nitrogens with zero attached hydrogens (tertiary/aromatic N) is 3. The molecule has 5 N–H and O–H groups in total. The van der Waals surface area contributed by atoms with Gasteiger partial charge in [0.05, 0.1) is 17.5 Å². The molecule has 5 rings (SSSR count). The molecule has 4 unspecified atom stereocenters. The summed E-state index contributed by atoms with van der Waals surface area (Å²) in [5, 5.41) is 33.9. The molecule has 2 fully saturated rings. The summed E-state index contributed by atoms with van der Waals surface area (Å²) in [4.78, 5) is 44.9. The van der Waals surface area contributed by atoms with E-state index in [0.717, 1.165) is 5.69 Å². The fraction of sp³-hybridized carbons (Fsp3) is 0.552. The molecule has 1 amide bonds. The Bertz CT molecular complexity index is 1350. The number of rotatable bonds is 5. The number of hydrogen-bond acceptors (Lipinski definition) is 9. The standard InChI is InChI=1S/C29H37FN4O6/c1-32(2)18-10-14(11-34-7-5-6-15(30)12-34)24(35)20-16(18)8-13-9-17-21(26(37)19(13)25(20)36)27(38)22(29(31)40)28(39)23(17)33(3)4/h10,13,15,17,21,23,35-36,39H,5-9,11-12H2,1-4H3,(H2,31,40)/t13?,15?,17?,21?,23-/m0/s1. The Morgan fingerprint density at radius 2 is 1.85 bits per heavy atom. The van der Waals surface area contributed by atoms with E-state index in [2.05, 4.69) is 0 Å². The number of phenols is 1. The van der Waals surface area contributed by atoms with Crippen molar-refractivity contribution in [3.8, 4) is 5.75 Å². The number of fused-ring (bicyclic) bond motifs is 3. The van der Waals surface area contributed by atoms with Crippen LogP contribution in [0, 0.1) is 17.8 Å². The number of benzene rings is 1. The van der Waals surface area contributed by atoms with Gasteiger partial charge in [-0.05, 0) is 69.8 Å². The average Bonchev–Trinajstić information content (AvgIpc) is 2.84. The molecule has 216 valence electrons. The lowest BCUT2D eigenvalue weighted by atomic mass is 9.59. The summed E-state index contributed by atoms with van der Waals surface area (Å²) in [7, 11) is 7.08. The smallest absolute Gasteiger partial charge is 0.255 e. The number of hydrogen-bond donors (Lipinski definition) is 4. The molecule has 5 atom stereocenters. The summed E-state index contributed by atoms with van der Waals surface area (Å²) < 4.78 is 14.1. The Labute approximate surface area is 232 Å². The summed E-state index contributed by atoms with van der Waals surface area (Å²) >= 11 is 0. The van der Waals surface area contributed by atoms with Gasteiger partial charge in [-0.25, -0.2) is 4.39 Å². The number of carbonyl (C=O) groups excluding carboxylic acids is 3. The van der Waals surface area contributed by atoms with Crippen molar-refractivity contribution in [3.63, 3.8) is 0 Å². The van der Waals surface area contributed by atoms with Crippen LogP contribution in [-0.2, 0) is 27.3 Å². The number of halogens is 1. The van der Waals surface area contributed by atoms with Crippen molar-refractivity contribution < 1.29 is 34.1 Å². The average molecular weight is 557 g/mol. The number of primary amides is 1. The number of aliphatic hydroxyl groups excluding tert-OH is 2. The number of aromatic hydroxyl groups is 1. The Balaban J connectivity index is 1.62. The number of likely N-dealkylation sites (N-methyl/N-ethyl adjacent to an activating group) is 1. The van der Waals surface area contributed by atoms with Crippen molar-refractivity contribution in [3.05, 3.63) is 39.7 Å².